The molecular formula is C19H22O5. The average Bonchev–Trinajstić information content (AvgIpc) is 2.65. The fourth-order valence-electron chi connectivity index (χ4n) is 2.58. The molecule has 2 aromatic rings. The second-order valence-corrected chi connectivity index (χ2v) is 5.22. The molecule has 5 heteroatoms. The van der Waals surface area contributed by atoms with Crippen LogP contribution in [-0.2, 0) is 9.53 Å². The first-order chi connectivity index (χ1) is 11.6. The second kappa shape index (κ2) is 8.24. The molecule has 0 N–H and O–H groups in total. The van der Waals surface area contributed by atoms with Gasteiger partial charge in [-0.2, -0.15) is 0 Å². The van der Waals surface area contributed by atoms with Crippen molar-refractivity contribution in [2.75, 3.05) is 28.4 Å². The minimum Gasteiger partial charge on any atom is -0.497 e. The standard InChI is InChI=1S/C19H22O5/c1-21-15-8-5-13(6-9-15)16(12-19(20)24-4)14-7-10-17(22-2)18(11-14)23-3/h5-11,16H,12H2,1-4H3. The van der Waals surface area contributed by atoms with Crippen molar-refractivity contribution in [3.8, 4) is 17.2 Å². The van der Waals surface area contributed by atoms with Gasteiger partial charge >= 0.3 is 5.97 Å². The summed E-state index contributed by atoms with van der Waals surface area (Å²) in [5, 5.41) is 0. The van der Waals surface area contributed by atoms with Gasteiger partial charge in [-0.25, -0.2) is 0 Å². The zero-order chi connectivity index (χ0) is 17.5. The number of hydrogen-bond acceptors (Lipinski definition) is 5. The molecule has 0 heterocycles. The van der Waals surface area contributed by atoms with E-state index in [9.17, 15) is 4.79 Å². The van der Waals surface area contributed by atoms with Gasteiger partial charge in [0.05, 0.1) is 34.9 Å². The molecule has 1 unspecified atom stereocenters. The molecule has 24 heavy (non-hydrogen) atoms. The highest BCUT2D eigenvalue weighted by atomic mass is 16.5. The van der Waals surface area contributed by atoms with Crippen LogP contribution in [0.1, 0.15) is 23.5 Å². The van der Waals surface area contributed by atoms with Crippen LogP contribution in [0, 0.1) is 0 Å². The fourth-order valence-corrected chi connectivity index (χ4v) is 2.58. The van der Waals surface area contributed by atoms with E-state index in [1.165, 1.54) is 7.11 Å². The summed E-state index contributed by atoms with van der Waals surface area (Å²) in [5.74, 6) is 1.61. The highest BCUT2D eigenvalue weighted by Crippen LogP contribution is 2.35. The van der Waals surface area contributed by atoms with Gasteiger partial charge in [0, 0.05) is 5.92 Å². The van der Waals surface area contributed by atoms with E-state index in [-0.39, 0.29) is 18.3 Å². The molecule has 1 atom stereocenters. The van der Waals surface area contributed by atoms with Gasteiger partial charge in [-0.05, 0) is 35.4 Å². The molecule has 0 saturated carbocycles. The molecule has 2 rings (SSSR count). The SMILES string of the molecule is COC(=O)CC(c1ccc(OC)cc1)c1ccc(OC)c(OC)c1. The lowest BCUT2D eigenvalue weighted by Crippen LogP contribution is -2.10. The number of rotatable bonds is 7. The third-order valence-corrected chi connectivity index (χ3v) is 3.93. The number of methoxy groups -OCH3 is 4. The maximum absolute atomic E-state index is 11.9. The van der Waals surface area contributed by atoms with Gasteiger partial charge in [-0.1, -0.05) is 18.2 Å². The van der Waals surface area contributed by atoms with Gasteiger partial charge in [-0.15, -0.1) is 0 Å². The third kappa shape index (κ3) is 3.98. The predicted octanol–water partition coefficient (Wildman–Crippen LogP) is 3.41. The van der Waals surface area contributed by atoms with E-state index in [2.05, 4.69) is 0 Å². The van der Waals surface area contributed by atoms with Crippen LogP contribution in [0.25, 0.3) is 0 Å². The number of carbonyl (C=O) groups excluding carboxylic acids is 1. The lowest BCUT2D eigenvalue weighted by molar-refractivity contribution is -0.140. The van der Waals surface area contributed by atoms with Crippen LogP contribution in [0.15, 0.2) is 42.5 Å². The Bertz CT molecular complexity index is 679. The highest BCUT2D eigenvalue weighted by Gasteiger charge is 2.20. The molecular weight excluding hydrogens is 308 g/mol. The van der Waals surface area contributed by atoms with E-state index in [0.717, 1.165) is 16.9 Å². The Labute approximate surface area is 142 Å². The summed E-state index contributed by atoms with van der Waals surface area (Å²) < 4.78 is 20.7. The van der Waals surface area contributed by atoms with Crippen LogP contribution in [0.2, 0.25) is 0 Å². The molecule has 2 aromatic carbocycles. The normalized spacial score (nSPS) is 11.5. The molecule has 0 saturated heterocycles. The molecule has 0 radical (unpaired) electrons. The summed E-state index contributed by atoms with van der Waals surface area (Å²) >= 11 is 0. The first-order valence-corrected chi connectivity index (χ1v) is 7.55. The Morgan fingerprint density at radius 3 is 2.00 bits per heavy atom. The maximum atomic E-state index is 11.9. The van der Waals surface area contributed by atoms with Crippen molar-refractivity contribution in [3.63, 3.8) is 0 Å². The van der Waals surface area contributed by atoms with E-state index in [1.54, 1.807) is 21.3 Å². The van der Waals surface area contributed by atoms with Crippen LogP contribution in [-0.4, -0.2) is 34.4 Å². The van der Waals surface area contributed by atoms with Crippen LogP contribution in [0.4, 0.5) is 0 Å². The smallest absolute Gasteiger partial charge is 0.306 e. The number of ether oxygens (including phenoxy) is 4. The van der Waals surface area contributed by atoms with Gasteiger partial charge < -0.3 is 18.9 Å². The van der Waals surface area contributed by atoms with Crippen LogP contribution in [0.3, 0.4) is 0 Å². The molecule has 0 fully saturated rings. The predicted molar refractivity (Wildman–Crippen MR) is 91.0 cm³/mol. The molecule has 0 bridgehead atoms. The Hall–Kier alpha value is -2.69. The quantitative estimate of drug-likeness (QED) is 0.728. The van der Waals surface area contributed by atoms with Crippen molar-refractivity contribution in [1.82, 2.24) is 0 Å². The molecule has 5 nitrogen and oxygen atoms in total. The van der Waals surface area contributed by atoms with Crippen molar-refractivity contribution in [1.29, 1.82) is 0 Å². The number of hydrogen-bond donors (Lipinski definition) is 0. The molecule has 0 spiro atoms. The lowest BCUT2D eigenvalue weighted by atomic mass is 9.88. The van der Waals surface area contributed by atoms with Crippen molar-refractivity contribution in [2.45, 2.75) is 12.3 Å². The summed E-state index contributed by atoms with van der Waals surface area (Å²) in [5.41, 5.74) is 1.94. The topological polar surface area (TPSA) is 54.0 Å². The minimum absolute atomic E-state index is 0.150. The van der Waals surface area contributed by atoms with Crippen LogP contribution >= 0.6 is 0 Å². The fraction of sp³-hybridized carbons (Fsp3) is 0.316. The Kier molecular flexibility index (Phi) is 6.07. The second-order valence-electron chi connectivity index (χ2n) is 5.22. The first kappa shape index (κ1) is 17.7. The highest BCUT2D eigenvalue weighted by molar-refractivity contribution is 5.71. The molecule has 128 valence electrons. The zero-order valence-corrected chi connectivity index (χ0v) is 14.4. The molecule has 0 amide bonds. The first-order valence-electron chi connectivity index (χ1n) is 7.55. The summed E-state index contributed by atoms with van der Waals surface area (Å²) in [6.07, 6.45) is 0.234. The number of esters is 1. The van der Waals surface area contributed by atoms with Crippen LogP contribution < -0.4 is 14.2 Å². The van der Waals surface area contributed by atoms with Gasteiger partial charge in [0.1, 0.15) is 5.75 Å². The van der Waals surface area contributed by atoms with Crippen molar-refractivity contribution in [3.05, 3.63) is 53.6 Å². The summed E-state index contributed by atoms with van der Waals surface area (Å²) in [4.78, 5) is 11.9. The lowest BCUT2D eigenvalue weighted by Gasteiger charge is -2.19. The summed E-state index contributed by atoms with van der Waals surface area (Å²) in [7, 11) is 6.19. The summed E-state index contributed by atoms with van der Waals surface area (Å²) in [6.45, 7) is 0. The maximum Gasteiger partial charge on any atom is 0.306 e. The molecule has 0 aliphatic heterocycles. The monoisotopic (exact) mass is 330 g/mol. The molecule has 0 aliphatic carbocycles. The van der Waals surface area contributed by atoms with E-state index in [4.69, 9.17) is 18.9 Å². The molecule has 0 aliphatic rings. The molecule has 0 aromatic heterocycles. The average molecular weight is 330 g/mol. The van der Waals surface area contributed by atoms with Gasteiger partial charge in [0.15, 0.2) is 11.5 Å². The largest absolute Gasteiger partial charge is 0.497 e. The Morgan fingerprint density at radius 2 is 1.46 bits per heavy atom. The number of carbonyl (C=O) groups is 1. The van der Waals surface area contributed by atoms with Crippen LogP contribution in [0.5, 0.6) is 17.2 Å². The van der Waals surface area contributed by atoms with E-state index in [1.807, 2.05) is 42.5 Å². The zero-order valence-electron chi connectivity index (χ0n) is 14.4. The van der Waals surface area contributed by atoms with Gasteiger partial charge in [0.25, 0.3) is 0 Å². The minimum atomic E-state index is -0.273. The Balaban J connectivity index is 2.43. The van der Waals surface area contributed by atoms with E-state index in [0.29, 0.717) is 11.5 Å². The number of benzene rings is 2. The van der Waals surface area contributed by atoms with E-state index >= 15 is 0 Å². The van der Waals surface area contributed by atoms with E-state index < -0.39 is 0 Å². The van der Waals surface area contributed by atoms with Crippen molar-refractivity contribution in [2.24, 2.45) is 0 Å². The van der Waals surface area contributed by atoms with Gasteiger partial charge in [0.2, 0.25) is 0 Å². The van der Waals surface area contributed by atoms with Gasteiger partial charge in [-0.3, -0.25) is 4.79 Å². The van der Waals surface area contributed by atoms with Crippen molar-refractivity contribution >= 4 is 5.97 Å². The third-order valence-electron chi connectivity index (χ3n) is 3.93. The van der Waals surface area contributed by atoms with Crippen molar-refractivity contribution < 1.29 is 23.7 Å². The summed E-state index contributed by atoms with van der Waals surface area (Å²) in [6, 6.07) is 13.3. The Morgan fingerprint density at radius 1 is 0.833 bits per heavy atom.